The first kappa shape index (κ1) is 20.7. The van der Waals surface area contributed by atoms with Crippen molar-refractivity contribution < 1.29 is 4.79 Å². The van der Waals surface area contributed by atoms with Crippen molar-refractivity contribution in [2.24, 2.45) is 5.10 Å². The van der Waals surface area contributed by atoms with E-state index < -0.39 is 0 Å². The summed E-state index contributed by atoms with van der Waals surface area (Å²) in [6.07, 6.45) is 1.63. The van der Waals surface area contributed by atoms with E-state index in [2.05, 4.69) is 15.5 Å². The van der Waals surface area contributed by atoms with Gasteiger partial charge in [-0.05, 0) is 19.4 Å². The molecule has 2 heterocycles. The number of amides is 1. The standard InChI is InChI=1S/C24H22N4O2S/c1-16-17(2)31-23-21(16)24(30)28(15-25-23)14-13-20(29)26-27-22(18-9-5-3-6-10-18)19-11-7-4-8-12-19/h3-12,15H,13-14H2,1-2H3,(H,26,29). The van der Waals surface area contributed by atoms with Gasteiger partial charge >= 0.3 is 0 Å². The average molecular weight is 431 g/mol. The van der Waals surface area contributed by atoms with Gasteiger partial charge in [-0.1, -0.05) is 60.7 Å². The molecule has 0 aliphatic carbocycles. The van der Waals surface area contributed by atoms with Crippen molar-refractivity contribution >= 4 is 33.2 Å². The first-order valence-electron chi connectivity index (χ1n) is 9.97. The minimum atomic E-state index is -0.269. The van der Waals surface area contributed by atoms with Gasteiger partial charge in [0.1, 0.15) is 4.83 Å². The maximum Gasteiger partial charge on any atom is 0.262 e. The number of aryl methyl sites for hydroxylation is 3. The van der Waals surface area contributed by atoms with Crippen molar-refractivity contribution in [1.29, 1.82) is 0 Å². The molecule has 156 valence electrons. The number of hydrogen-bond acceptors (Lipinski definition) is 5. The minimum Gasteiger partial charge on any atom is -0.298 e. The second kappa shape index (κ2) is 9.06. The molecule has 0 aliphatic heterocycles. The zero-order valence-corrected chi connectivity index (χ0v) is 18.1. The Morgan fingerprint density at radius 3 is 2.26 bits per heavy atom. The second-order valence-corrected chi connectivity index (χ2v) is 8.39. The van der Waals surface area contributed by atoms with Gasteiger partial charge in [0.25, 0.3) is 5.56 Å². The molecule has 0 fully saturated rings. The summed E-state index contributed by atoms with van der Waals surface area (Å²) in [4.78, 5) is 31.5. The van der Waals surface area contributed by atoms with E-state index in [1.807, 2.05) is 74.5 Å². The van der Waals surface area contributed by atoms with Crippen molar-refractivity contribution in [3.8, 4) is 0 Å². The van der Waals surface area contributed by atoms with Crippen LogP contribution >= 0.6 is 11.3 Å². The van der Waals surface area contributed by atoms with E-state index in [9.17, 15) is 9.59 Å². The van der Waals surface area contributed by atoms with Crippen LogP contribution in [0.4, 0.5) is 0 Å². The van der Waals surface area contributed by atoms with Crippen LogP contribution < -0.4 is 11.0 Å². The van der Waals surface area contributed by atoms with Crippen LogP contribution in [0.5, 0.6) is 0 Å². The number of rotatable bonds is 6. The Kier molecular flexibility index (Phi) is 6.04. The molecule has 0 atom stereocenters. The molecule has 6 nitrogen and oxygen atoms in total. The highest BCUT2D eigenvalue weighted by Gasteiger charge is 2.13. The fourth-order valence-corrected chi connectivity index (χ4v) is 4.30. The van der Waals surface area contributed by atoms with Gasteiger partial charge in [0.2, 0.25) is 5.91 Å². The van der Waals surface area contributed by atoms with Crippen molar-refractivity contribution in [2.75, 3.05) is 0 Å². The van der Waals surface area contributed by atoms with Crippen LogP contribution in [0.3, 0.4) is 0 Å². The molecular formula is C24H22N4O2S. The summed E-state index contributed by atoms with van der Waals surface area (Å²) in [6.45, 7) is 4.15. The lowest BCUT2D eigenvalue weighted by molar-refractivity contribution is -0.121. The predicted octanol–water partition coefficient (Wildman–Crippen LogP) is 4.03. The zero-order chi connectivity index (χ0) is 21.8. The molecule has 0 bridgehead atoms. The maximum atomic E-state index is 12.8. The van der Waals surface area contributed by atoms with E-state index in [0.29, 0.717) is 11.1 Å². The van der Waals surface area contributed by atoms with Gasteiger partial charge in [0.15, 0.2) is 0 Å². The highest BCUT2D eigenvalue weighted by Crippen LogP contribution is 2.25. The van der Waals surface area contributed by atoms with Crippen molar-refractivity contribution in [1.82, 2.24) is 15.0 Å². The van der Waals surface area contributed by atoms with Crippen LogP contribution in [-0.4, -0.2) is 21.2 Å². The average Bonchev–Trinajstić information content (AvgIpc) is 3.09. The number of fused-ring (bicyclic) bond motifs is 1. The zero-order valence-electron chi connectivity index (χ0n) is 17.3. The van der Waals surface area contributed by atoms with Crippen molar-refractivity contribution in [3.05, 3.63) is 98.9 Å². The Morgan fingerprint density at radius 2 is 1.65 bits per heavy atom. The predicted molar refractivity (Wildman–Crippen MR) is 125 cm³/mol. The lowest BCUT2D eigenvalue weighted by atomic mass is 10.0. The van der Waals surface area contributed by atoms with E-state index in [1.54, 1.807) is 0 Å². The number of aromatic nitrogens is 2. The molecule has 4 rings (SSSR count). The third-order valence-electron chi connectivity index (χ3n) is 5.12. The Labute approximate surface area is 183 Å². The van der Waals surface area contributed by atoms with Crippen LogP contribution in [0.15, 0.2) is 76.9 Å². The molecule has 2 aromatic heterocycles. The number of carbonyl (C=O) groups is 1. The first-order chi connectivity index (χ1) is 15.0. The summed E-state index contributed by atoms with van der Waals surface area (Å²) in [5.41, 5.74) is 5.97. The lowest BCUT2D eigenvalue weighted by Gasteiger charge is -2.08. The van der Waals surface area contributed by atoms with Gasteiger partial charge < -0.3 is 0 Å². The van der Waals surface area contributed by atoms with E-state index in [0.717, 1.165) is 26.4 Å². The van der Waals surface area contributed by atoms with E-state index in [1.165, 1.54) is 22.2 Å². The molecule has 1 amide bonds. The van der Waals surface area contributed by atoms with Gasteiger partial charge in [-0.2, -0.15) is 5.10 Å². The normalized spacial score (nSPS) is 10.8. The second-order valence-electron chi connectivity index (χ2n) is 7.18. The van der Waals surface area contributed by atoms with Gasteiger partial charge in [-0.25, -0.2) is 10.4 Å². The Balaban J connectivity index is 1.51. The number of nitrogens with one attached hydrogen (secondary N) is 1. The van der Waals surface area contributed by atoms with Crippen LogP contribution in [0.1, 0.15) is 28.0 Å². The van der Waals surface area contributed by atoms with Gasteiger partial charge in [-0.15, -0.1) is 11.3 Å². The molecule has 4 aromatic rings. The topological polar surface area (TPSA) is 76.3 Å². The monoisotopic (exact) mass is 430 g/mol. The van der Waals surface area contributed by atoms with Crippen LogP contribution in [0.25, 0.3) is 10.2 Å². The summed E-state index contributed by atoms with van der Waals surface area (Å²) < 4.78 is 1.49. The number of hydrazone groups is 1. The molecule has 0 unspecified atom stereocenters. The fourth-order valence-electron chi connectivity index (χ4n) is 3.31. The Hall–Kier alpha value is -3.58. The van der Waals surface area contributed by atoms with Crippen molar-refractivity contribution in [3.63, 3.8) is 0 Å². The summed E-state index contributed by atoms with van der Waals surface area (Å²) >= 11 is 1.51. The number of thiophene rings is 1. The fraction of sp³-hybridized carbons (Fsp3) is 0.167. The highest BCUT2D eigenvalue weighted by molar-refractivity contribution is 7.18. The Bertz CT molecular complexity index is 1270. The van der Waals surface area contributed by atoms with Gasteiger partial charge in [0.05, 0.1) is 17.4 Å². The summed E-state index contributed by atoms with van der Waals surface area (Å²) in [6, 6.07) is 19.4. The van der Waals surface area contributed by atoms with Gasteiger partial charge in [0, 0.05) is 29.0 Å². The van der Waals surface area contributed by atoms with Crippen LogP contribution in [-0.2, 0) is 11.3 Å². The van der Waals surface area contributed by atoms with Crippen LogP contribution in [0, 0.1) is 13.8 Å². The highest BCUT2D eigenvalue weighted by atomic mass is 32.1. The number of carbonyl (C=O) groups excluding carboxylic acids is 1. The SMILES string of the molecule is Cc1sc2ncn(CCC(=O)NN=C(c3ccccc3)c3ccccc3)c(=O)c2c1C. The van der Waals surface area contributed by atoms with E-state index in [4.69, 9.17) is 0 Å². The first-order valence-corrected chi connectivity index (χ1v) is 10.8. The van der Waals surface area contributed by atoms with Crippen LogP contribution in [0.2, 0.25) is 0 Å². The van der Waals surface area contributed by atoms with Crippen molar-refractivity contribution in [2.45, 2.75) is 26.8 Å². The number of benzene rings is 2. The Morgan fingerprint density at radius 1 is 1.03 bits per heavy atom. The van der Waals surface area contributed by atoms with E-state index in [-0.39, 0.29) is 24.4 Å². The summed E-state index contributed by atoms with van der Waals surface area (Å²) in [7, 11) is 0. The third-order valence-corrected chi connectivity index (χ3v) is 6.24. The molecule has 2 aromatic carbocycles. The lowest BCUT2D eigenvalue weighted by Crippen LogP contribution is -2.26. The molecular weight excluding hydrogens is 408 g/mol. The third kappa shape index (κ3) is 4.46. The quantitative estimate of drug-likeness (QED) is 0.371. The molecule has 0 spiro atoms. The number of nitrogens with zero attached hydrogens (tertiary/aromatic N) is 3. The van der Waals surface area contributed by atoms with Gasteiger partial charge in [-0.3, -0.25) is 14.2 Å². The molecule has 7 heteroatoms. The summed E-state index contributed by atoms with van der Waals surface area (Å²) in [5.74, 6) is -0.269. The largest absolute Gasteiger partial charge is 0.298 e. The number of hydrogen-bond donors (Lipinski definition) is 1. The molecule has 0 saturated heterocycles. The molecule has 1 N–H and O–H groups in total. The molecule has 0 radical (unpaired) electrons. The molecule has 31 heavy (non-hydrogen) atoms. The minimum absolute atomic E-state index is 0.114. The summed E-state index contributed by atoms with van der Waals surface area (Å²) in [5, 5.41) is 5.02. The smallest absolute Gasteiger partial charge is 0.262 e. The van der Waals surface area contributed by atoms with E-state index >= 15 is 0 Å². The molecule has 0 saturated carbocycles. The maximum absolute atomic E-state index is 12.8. The molecule has 0 aliphatic rings.